The van der Waals surface area contributed by atoms with Crippen LogP contribution in [0.1, 0.15) is 42.1 Å². The van der Waals surface area contributed by atoms with E-state index in [1.165, 1.54) is 24.1 Å². The number of aromatic nitrogens is 3. The lowest BCUT2D eigenvalue weighted by Gasteiger charge is -2.13. The van der Waals surface area contributed by atoms with Crippen molar-refractivity contribution in [2.24, 2.45) is 0 Å². The molecule has 4 rings (SSSR count). The Kier molecular flexibility index (Phi) is 2.01. The van der Waals surface area contributed by atoms with Gasteiger partial charge in [0, 0.05) is 18.2 Å². The number of hydrogen-bond acceptors (Lipinski definition) is 3. The maximum absolute atomic E-state index is 4.39. The monoisotopic (exact) mass is 240 g/mol. The van der Waals surface area contributed by atoms with Crippen molar-refractivity contribution in [1.82, 2.24) is 14.8 Å². The molecule has 1 saturated carbocycles. The fraction of sp³-hybridized carbons (Fsp3) is 0.429. The number of anilines is 1. The normalized spacial score (nSPS) is 21.7. The highest BCUT2D eigenvalue weighted by atomic mass is 15.3. The van der Waals surface area contributed by atoms with Gasteiger partial charge in [0.15, 0.2) is 5.82 Å². The van der Waals surface area contributed by atoms with Crippen LogP contribution in [0, 0.1) is 6.92 Å². The van der Waals surface area contributed by atoms with Crippen molar-refractivity contribution < 1.29 is 0 Å². The van der Waals surface area contributed by atoms with Crippen LogP contribution in [0.15, 0.2) is 24.3 Å². The van der Waals surface area contributed by atoms with Crippen molar-refractivity contribution in [1.29, 1.82) is 0 Å². The molecule has 0 radical (unpaired) electrons. The third-order valence-corrected chi connectivity index (χ3v) is 3.89. The summed E-state index contributed by atoms with van der Waals surface area (Å²) in [6.45, 7) is 2.05. The van der Waals surface area contributed by atoms with Crippen molar-refractivity contribution in [3.8, 4) is 0 Å². The molecular weight excluding hydrogens is 224 g/mol. The predicted molar refractivity (Wildman–Crippen MR) is 69.5 cm³/mol. The fourth-order valence-electron chi connectivity index (χ4n) is 2.86. The molecule has 0 amide bonds. The van der Waals surface area contributed by atoms with Gasteiger partial charge in [-0.15, -0.1) is 10.2 Å². The standard InChI is InChI=1S/C14H16N4/c1-9-16-17-14(18(9)11-6-7-11)13-8-10-4-2-3-5-12(10)15-13/h2-5,11,13,15H,6-8H2,1H3. The van der Waals surface area contributed by atoms with Crippen LogP contribution in [0.3, 0.4) is 0 Å². The first kappa shape index (κ1) is 10.1. The highest BCUT2D eigenvalue weighted by Crippen LogP contribution is 2.40. The zero-order valence-electron chi connectivity index (χ0n) is 10.4. The van der Waals surface area contributed by atoms with Crippen LogP contribution in [0.4, 0.5) is 5.69 Å². The zero-order chi connectivity index (χ0) is 12.1. The number of aryl methyl sites for hydroxylation is 1. The molecule has 92 valence electrons. The Morgan fingerprint density at radius 1 is 1.22 bits per heavy atom. The highest BCUT2D eigenvalue weighted by molar-refractivity contribution is 5.57. The molecule has 1 atom stereocenters. The van der Waals surface area contributed by atoms with Crippen LogP contribution in [0.2, 0.25) is 0 Å². The van der Waals surface area contributed by atoms with Crippen molar-refractivity contribution in [3.05, 3.63) is 41.5 Å². The molecule has 2 heterocycles. The Balaban J connectivity index is 1.70. The molecule has 0 saturated heterocycles. The van der Waals surface area contributed by atoms with Gasteiger partial charge in [0.25, 0.3) is 0 Å². The lowest BCUT2D eigenvalue weighted by atomic mass is 10.1. The van der Waals surface area contributed by atoms with Gasteiger partial charge < -0.3 is 9.88 Å². The molecular formula is C14H16N4. The number of nitrogens with one attached hydrogen (secondary N) is 1. The van der Waals surface area contributed by atoms with Gasteiger partial charge in [-0.3, -0.25) is 0 Å². The Hall–Kier alpha value is -1.84. The predicted octanol–water partition coefficient (Wildman–Crippen LogP) is 2.63. The molecule has 0 bridgehead atoms. The molecule has 1 fully saturated rings. The summed E-state index contributed by atoms with van der Waals surface area (Å²) < 4.78 is 2.32. The summed E-state index contributed by atoms with van der Waals surface area (Å²) in [5, 5.41) is 12.2. The average Bonchev–Trinajstić information content (AvgIpc) is 3.00. The highest BCUT2D eigenvalue weighted by Gasteiger charge is 2.33. The van der Waals surface area contributed by atoms with Crippen LogP contribution >= 0.6 is 0 Å². The summed E-state index contributed by atoms with van der Waals surface area (Å²) in [5.74, 6) is 2.15. The van der Waals surface area contributed by atoms with Gasteiger partial charge in [0.05, 0.1) is 6.04 Å². The lowest BCUT2D eigenvalue weighted by Crippen LogP contribution is -2.14. The smallest absolute Gasteiger partial charge is 0.156 e. The van der Waals surface area contributed by atoms with Crippen molar-refractivity contribution in [3.63, 3.8) is 0 Å². The van der Waals surface area contributed by atoms with Gasteiger partial charge in [0.1, 0.15) is 5.82 Å². The van der Waals surface area contributed by atoms with Crippen LogP contribution in [-0.4, -0.2) is 14.8 Å². The summed E-state index contributed by atoms with van der Waals surface area (Å²) in [6, 6.07) is 9.42. The molecule has 1 N–H and O–H groups in total. The Labute approximate surface area is 106 Å². The van der Waals surface area contributed by atoms with Gasteiger partial charge >= 0.3 is 0 Å². The first-order valence-corrected chi connectivity index (χ1v) is 6.59. The molecule has 4 heteroatoms. The minimum Gasteiger partial charge on any atom is -0.375 e. The summed E-state index contributed by atoms with van der Waals surface area (Å²) in [5.41, 5.74) is 2.62. The zero-order valence-corrected chi connectivity index (χ0v) is 10.4. The largest absolute Gasteiger partial charge is 0.375 e. The Morgan fingerprint density at radius 2 is 2.06 bits per heavy atom. The Bertz CT molecular complexity index is 573. The molecule has 4 nitrogen and oxygen atoms in total. The summed E-state index contributed by atoms with van der Waals surface area (Å²) in [4.78, 5) is 0. The van der Waals surface area contributed by atoms with E-state index < -0.39 is 0 Å². The molecule has 2 aliphatic rings. The first-order chi connectivity index (χ1) is 8.83. The Morgan fingerprint density at radius 3 is 2.83 bits per heavy atom. The van der Waals surface area contributed by atoms with Crippen molar-refractivity contribution in [2.75, 3.05) is 5.32 Å². The van der Waals surface area contributed by atoms with E-state index in [0.29, 0.717) is 6.04 Å². The van der Waals surface area contributed by atoms with Gasteiger partial charge in [-0.2, -0.15) is 0 Å². The molecule has 1 unspecified atom stereocenters. The number of hydrogen-bond donors (Lipinski definition) is 1. The molecule has 0 spiro atoms. The molecule has 2 aromatic rings. The van der Waals surface area contributed by atoms with E-state index >= 15 is 0 Å². The molecule has 1 aromatic heterocycles. The SMILES string of the molecule is Cc1nnc(C2Cc3ccccc3N2)n1C1CC1. The average molecular weight is 240 g/mol. The number of nitrogens with zero attached hydrogens (tertiary/aromatic N) is 3. The van der Waals surface area contributed by atoms with Gasteiger partial charge in [-0.05, 0) is 31.4 Å². The maximum atomic E-state index is 4.39. The number of benzene rings is 1. The second-order valence-corrected chi connectivity index (χ2v) is 5.26. The van der Waals surface area contributed by atoms with Crippen LogP contribution in [0.25, 0.3) is 0 Å². The lowest BCUT2D eigenvalue weighted by molar-refractivity contribution is 0.619. The maximum Gasteiger partial charge on any atom is 0.156 e. The second-order valence-electron chi connectivity index (χ2n) is 5.26. The molecule has 18 heavy (non-hydrogen) atoms. The van der Waals surface area contributed by atoms with E-state index in [2.05, 4.69) is 51.3 Å². The van der Waals surface area contributed by atoms with Gasteiger partial charge in [-0.25, -0.2) is 0 Å². The van der Waals surface area contributed by atoms with Gasteiger partial charge in [0.2, 0.25) is 0 Å². The van der Waals surface area contributed by atoms with Crippen LogP contribution < -0.4 is 5.32 Å². The third-order valence-electron chi connectivity index (χ3n) is 3.89. The summed E-state index contributed by atoms with van der Waals surface area (Å²) in [7, 11) is 0. The molecule has 1 aliphatic heterocycles. The van der Waals surface area contributed by atoms with E-state index in [-0.39, 0.29) is 6.04 Å². The number of para-hydroxylation sites is 1. The van der Waals surface area contributed by atoms with Gasteiger partial charge in [-0.1, -0.05) is 18.2 Å². The van der Waals surface area contributed by atoms with Crippen LogP contribution in [-0.2, 0) is 6.42 Å². The third kappa shape index (κ3) is 1.45. The number of rotatable bonds is 2. The summed E-state index contributed by atoms with van der Waals surface area (Å²) in [6.07, 6.45) is 3.55. The van der Waals surface area contributed by atoms with E-state index in [0.717, 1.165) is 18.1 Å². The molecule has 1 aliphatic carbocycles. The quantitative estimate of drug-likeness (QED) is 0.877. The number of fused-ring (bicyclic) bond motifs is 1. The van der Waals surface area contributed by atoms with E-state index in [1.807, 2.05) is 0 Å². The minimum atomic E-state index is 0.282. The van der Waals surface area contributed by atoms with Crippen LogP contribution in [0.5, 0.6) is 0 Å². The first-order valence-electron chi connectivity index (χ1n) is 6.59. The van der Waals surface area contributed by atoms with E-state index in [9.17, 15) is 0 Å². The van der Waals surface area contributed by atoms with E-state index in [1.54, 1.807) is 0 Å². The summed E-state index contributed by atoms with van der Waals surface area (Å²) >= 11 is 0. The fourth-order valence-corrected chi connectivity index (χ4v) is 2.86. The van der Waals surface area contributed by atoms with Crippen molar-refractivity contribution in [2.45, 2.75) is 38.3 Å². The molecule has 1 aromatic carbocycles. The minimum absolute atomic E-state index is 0.282. The second kappa shape index (κ2) is 3.57. The van der Waals surface area contributed by atoms with E-state index in [4.69, 9.17) is 0 Å². The topological polar surface area (TPSA) is 42.7 Å². The van der Waals surface area contributed by atoms with Crippen molar-refractivity contribution >= 4 is 5.69 Å².